The normalized spacial score (nSPS) is 25.0. The molecule has 1 N–H and O–H groups in total. The summed E-state index contributed by atoms with van der Waals surface area (Å²) in [6, 6.07) is 4.48. The van der Waals surface area contributed by atoms with Crippen molar-refractivity contribution in [3.05, 3.63) is 45.6 Å². The molecule has 7 nitrogen and oxygen atoms in total. The van der Waals surface area contributed by atoms with E-state index in [0.29, 0.717) is 11.1 Å². The van der Waals surface area contributed by atoms with Crippen LogP contribution in [0.2, 0.25) is 0 Å². The Hall–Kier alpha value is -2.51. The van der Waals surface area contributed by atoms with E-state index in [4.69, 9.17) is 0 Å². The van der Waals surface area contributed by atoms with Gasteiger partial charge in [-0.05, 0) is 66.6 Å². The van der Waals surface area contributed by atoms with Crippen LogP contribution >= 0.6 is 0 Å². The van der Waals surface area contributed by atoms with Crippen molar-refractivity contribution in [3.8, 4) is 0 Å². The number of aromatic nitrogens is 4. The number of aryl methyl sites for hydroxylation is 1. The van der Waals surface area contributed by atoms with Gasteiger partial charge in [-0.1, -0.05) is 12.1 Å². The minimum atomic E-state index is -0.369. The molecule has 3 aliphatic rings. The first-order valence-corrected chi connectivity index (χ1v) is 8.47. The minimum Gasteiger partial charge on any atom is -0.348 e. The number of nitrogens with zero attached hydrogens (tertiary/aromatic N) is 4. The van der Waals surface area contributed by atoms with E-state index in [-0.39, 0.29) is 35.5 Å². The molecule has 3 aliphatic carbocycles. The van der Waals surface area contributed by atoms with Crippen LogP contribution < -0.4 is 11.0 Å². The van der Waals surface area contributed by atoms with E-state index in [1.807, 2.05) is 0 Å². The van der Waals surface area contributed by atoms with Gasteiger partial charge in [0.25, 0.3) is 0 Å². The summed E-state index contributed by atoms with van der Waals surface area (Å²) in [5.74, 6) is 0.0488. The number of carbonyl (C=O) groups is 1. The van der Waals surface area contributed by atoms with Gasteiger partial charge in [0, 0.05) is 0 Å². The molecule has 0 radical (unpaired) electrons. The minimum absolute atomic E-state index is 0.150. The first-order valence-electron chi connectivity index (χ1n) is 8.47. The Bertz CT molecular complexity index is 886. The van der Waals surface area contributed by atoms with Crippen molar-refractivity contribution in [3.63, 3.8) is 0 Å². The van der Waals surface area contributed by atoms with Crippen LogP contribution in [-0.4, -0.2) is 25.7 Å². The van der Waals surface area contributed by atoms with Gasteiger partial charge in [0.2, 0.25) is 5.91 Å². The lowest BCUT2D eigenvalue weighted by atomic mass is 9.50. The highest BCUT2D eigenvalue weighted by Gasteiger charge is 2.60. The zero-order valence-electron chi connectivity index (χ0n) is 14.2. The Morgan fingerprint density at radius 3 is 2.72 bits per heavy atom. The van der Waals surface area contributed by atoms with E-state index >= 15 is 0 Å². The van der Waals surface area contributed by atoms with E-state index in [9.17, 15) is 14.0 Å². The van der Waals surface area contributed by atoms with Gasteiger partial charge in [-0.2, -0.15) is 9.36 Å². The molecule has 1 aromatic carbocycles. The molecule has 8 heteroatoms. The summed E-state index contributed by atoms with van der Waals surface area (Å²) in [5, 5.41) is 10.5. The molecule has 132 valence electrons. The maximum absolute atomic E-state index is 13.7. The first kappa shape index (κ1) is 16.0. The van der Waals surface area contributed by atoms with Crippen LogP contribution in [0.25, 0.3) is 0 Å². The molecule has 2 aromatic rings. The highest BCUT2D eigenvalue weighted by atomic mass is 19.1. The SMILES string of the molecule is Cc1ccc([C@H](C)NC(=O)Cn2nnn(C34CC(C3)C4)c2=O)cc1F. The fourth-order valence-electron chi connectivity index (χ4n) is 3.75. The second kappa shape index (κ2) is 5.50. The molecule has 3 fully saturated rings. The number of carbonyl (C=O) groups excluding carboxylic acids is 1. The number of benzene rings is 1. The van der Waals surface area contributed by atoms with Crippen LogP contribution in [-0.2, 0) is 16.9 Å². The highest BCUT2D eigenvalue weighted by Crippen LogP contribution is 2.61. The lowest BCUT2D eigenvalue weighted by molar-refractivity contribution is -0.122. The summed E-state index contributed by atoms with van der Waals surface area (Å²) in [6.07, 6.45) is 2.94. The van der Waals surface area contributed by atoms with E-state index in [2.05, 4.69) is 15.7 Å². The first-order chi connectivity index (χ1) is 11.9. The molecular formula is C17H20FN5O2. The number of rotatable bonds is 5. The van der Waals surface area contributed by atoms with E-state index in [0.717, 1.165) is 29.9 Å². The smallest absolute Gasteiger partial charge is 0.348 e. The van der Waals surface area contributed by atoms with Gasteiger partial charge < -0.3 is 5.32 Å². The molecule has 0 saturated heterocycles. The van der Waals surface area contributed by atoms with E-state index < -0.39 is 0 Å². The van der Waals surface area contributed by atoms with E-state index in [1.54, 1.807) is 26.0 Å². The molecule has 25 heavy (non-hydrogen) atoms. The molecule has 1 amide bonds. The number of hydrogen-bond acceptors (Lipinski definition) is 4. The maximum atomic E-state index is 13.7. The zero-order chi connectivity index (χ0) is 17.8. The summed E-state index contributed by atoms with van der Waals surface area (Å²) < 4.78 is 16.2. The summed E-state index contributed by atoms with van der Waals surface area (Å²) in [4.78, 5) is 24.6. The van der Waals surface area contributed by atoms with Gasteiger partial charge in [-0.15, -0.1) is 0 Å². The van der Waals surface area contributed by atoms with Gasteiger partial charge in [-0.3, -0.25) is 4.79 Å². The predicted molar refractivity (Wildman–Crippen MR) is 87.3 cm³/mol. The van der Waals surface area contributed by atoms with Crippen LogP contribution in [0, 0.1) is 18.7 Å². The molecule has 1 heterocycles. The largest absolute Gasteiger partial charge is 0.364 e. The number of hydrogen-bond donors (Lipinski definition) is 1. The van der Waals surface area contributed by atoms with Gasteiger partial charge in [0.1, 0.15) is 12.4 Å². The van der Waals surface area contributed by atoms with Gasteiger partial charge >= 0.3 is 5.69 Å². The van der Waals surface area contributed by atoms with Crippen molar-refractivity contribution in [2.75, 3.05) is 0 Å². The molecular weight excluding hydrogens is 325 g/mol. The highest BCUT2D eigenvalue weighted by molar-refractivity contribution is 5.76. The van der Waals surface area contributed by atoms with E-state index in [1.165, 1.54) is 10.7 Å². The summed E-state index contributed by atoms with van der Waals surface area (Å²) in [7, 11) is 0. The average molecular weight is 345 g/mol. The molecule has 0 unspecified atom stereocenters. The molecule has 0 spiro atoms. The number of halogens is 1. The molecule has 3 saturated carbocycles. The number of tetrazole rings is 1. The second-order valence-corrected chi connectivity index (χ2v) is 7.33. The van der Waals surface area contributed by atoms with Crippen LogP contribution in [0.15, 0.2) is 23.0 Å². The second-order valence-electron chi connectivity index (χ2n) is 7.33. The number of nitrogens with one attached hydrogen (secondary N) is 1. The number of amides is 1. The third kappa shape index (κ3) is 2.56. The molecule has 5 rings (SSSR count). The molecule has 2 bridgehead atoms. The van der Waals surface area contributed by atoms with Crippen molar-refractivity contribution in [1.82, 2.24) is 25.1 Å². The molecule has 0 aliphatic heterocycles. The maximum Gasteiger partial charge on any atom is 0.364 e. The predicted octanol–water partition coefficient (Wildman–Crippen LogP) is 1.27. The Morgan fingerprint density at radius 1 is 1.40 bits per heavy atom. The summed E-state index contributed by atoms with van der Waals surface area (Å²) in [6.45, 7) is 3.25. The Kier molecular flexibility index (Phi) is 3.52. The summed E-state index contributed by atoms with van der Waals surface area (Å²) in [5.41, 5.74) is 0.728. The van der Waals surface area contributed by atoms with Crippen molar-refractivity contribution in [2.24, 2.45) is 5.92 Å². The van der Waals surface area contributed by atoms with Crippen molar-refractivity contribution in [1.29, 1.82) is 0 Å². The molecule has 1 atom stereocenters. The van der Waals surface area contributed by atoms with Crippen molar-refractivity contribution < 1.29 is 9.18 Å². The third-order valence-electron chi connectivity index (χ3n) is 5.46. The topological polar surface area (TPSA) is 81.8 Å². The molecule has 1 aromatic heterocycles. The fourth-order valence-corrected chi connectivity index (χ4v) is 3.75. The lowest BCUT2D eigenvalue weighted by Crippen LogP contribution is -2.62. The van der Waals surface area contributed by atoms with Crippen LogP contribution in [0.1, 0.15) is 43.4 Å². The average Bonchev–Trinajstić information content (AvgIpc) is 2.80. The monoisotopic (exact) mass is 345 g/mol. The Labute approximate surface area is 143 Å². The fraction of sp³-hybridized carbons (Fsp3) is 0.529. The quantitative estimate of drug-likeness (QED) is 0.885. The van der Waals surface area contributed by atoms with Crippen LogP contribution in [0.5, 0.6) is 0 Å². The van der Waals surface area contributed by atoms with Gasteiger partial charge in [0.15, 0.2) is 0 Å². The van der Waals surface area contributed by atoms with Crippen LogP contribution in [0.3, 0.4) is 0 Å². The van der Waals surface area contributed by atoms with Crippen molar-refractivity contribution in [2.45, 2.75) is 51.2 Å². The third-order valence-corrected chi connectivity index (χ3v) is 5.46. The van der Waals surface area contributed by atoms with Gasteiger partial charge in [-0.25, -0.2) is 9.18 Å². The Balaban J connectivity index is 1.42. The zero-order valence-corrected chi connectivity index (χ0v) is 14.2. The lowest BCUT2D eigenvalue weighted by Gasteiger charge is -2.60. The van der Waals surface area contributed by atoms with Gasteiger partial charge in [0.05, 0.1) is 11.6 Å². The summed E-state index contributed by atoms with van der Waals surface area (Å²) >= 11 is 0. The standard InChI is InChI=1S/C17H20FN5O2/c1-10-3-4-13(5-14(10)18)11(2)19-15(24)9-22-16(25)23(21-20-22)17-6-12(7-17)8-17/h3-5,11-12H,6-9H2,1-2H3,(H,19,24)/t11-,12?,17?/m0/s1. The Morgan fingerprint density at radius 2 is 2.12 bits per heavy atom. The van der Waals surface area contributed by atoms with Crippen LogP contribution in [0.4, 0.5) is 4.39 Å². The van der Waals surface area contributed by atoms with Crippen molar-refractivity contribution >= 4 is 5.91 Å².